The third-order valence-electron chi connectivity index (χ3n) is 5.67. The maximum absolute atomic E-state index is 13.5. The maximum Gasteiger partial charge on any atom is 0.339 e. The van der Waals surface area contributed by atoms with E-state index in [2.05, 4.69) is 10.3 Å². The summed E-state index contributed by atoms with van der Waals surface area (Å²) in [7, 11) is 1.31. The van der Waals surface area contributed by atoms with Crippen molar-refractivity contribution in [1.82, 2.24) is 9.88 Å². The summed E-state index contributed by atoms with van der Waals surface area (Å²) in [5, 5.41) is 4.33. The minimum absolute atomic E-state index is 0.197. The van der Waals surface area contributed by atoms with E-state index in [1.54, 1.807) is 41.3 Å². The number of methoxy groups -OCH3 is 1. The topological polar surface area (TPSA) is 74.4 Å². The molecule has 178 valence electrons. The van der Waals surface area contributed by atoms with Gasteiger partial charge in [0, 0.05) is 12.1 Å². The molecule has 4 aromatic rings. The molecule has 0 aliphatic heterocycles. The number of rotatable bonds is 6. The summed E-state index contributed by atoms with van der Waals surface area (Å²) < 4.78 is 18.3. The summed E-state index contributed by atoms with van der Waals surface area (Å²) in [6.45, 7) is 2.46. The molecule has 0 amide bonds. The highest BCUT2D eigenvalue weighted by Crippen LogP contribution is 2.20. The lowest BCUT2D eigenvalue weighted by Gasteiger charge is -2.26. The van der Waals surface area contributed by atoms with Crippen LogP contribution in [0.4, 0.5) is 10.1 Å². The Morgan fingerprint density at radius 3 is 2.54 bits per heavy atom. The first-order valence-corrected chi connectivity index (χ1v) is 11.4. The Hall–Kier alpha value is -4.04. The molecular weight excluding hydrogens is 465 g/mol. The van der Waals surface area contributed by atoms with E-state index in [1.165, 1.54) is 19.2 Å². The van der Waals surface area contributed by atoms with Crippen LogP contribution < -0.4 is 10.9 Å². The van der Waals surface area contributed by atoms with Crippen LogP contribution in [0.3, 0.4) is 0 Å². The number of thiocarbonyl (C=S) groups is 1. The quantitative estimate of drug-likeness (QED) is 0.288. The summed E-state index contributed by atoms with van der Waals surface area (Å²) in [6.07, 6.45) is 0. The van der Waals surface area contributed by atoms with Gasteiger partial charge in [-0.05, 0) is 66.0 Å². The van der Waals surface area contributed by atoms with Crippen LogP contribution in [0.1, 0.15) is 27.0 Å². The van der Waals surface area contributed by atoms with Gasteiger partial charge in [-0.2, -0.15) is 0 Å². The van der Waals surface area contributed by atoms with E-state index in [-0.39, 0.29) is 17.9 Å². The fourth-order valence-corrected chi connectivity index (χ4v) is 4.07. The molecule has 0 spiro atoms. The van der Waals surface area contributed by atoms with Crippen molar-refractivity contribution in [2.45, 2.75) is 20.0 Å². The van der Waals surface area contributed by atoms with Gasteiger partial charge in [0.1, 0.15) is 5.82 Å². The van der Waals surface area contributed by atoms with Crippen LogP contribution in [0.5, 0.6) is 0 Å². The molecule has 8 heteroatoms. The highest BCUT2D eigenvalue weighted by molar-refractivity contribution is 7.80. The van der Waals surface area contributed by atoms with Gasteiger partial charge >= 0.3 is 5.97 Å². The monoisotopic (exact) mass is 489 g/mol. The number of carbonyl (C=O) groups excluding carboxylic acids is 1. The summed E-state index contributed by atoms with van der Waals surface area (Å²) in [5.74, 6) is -0.836. The molecule has 2 N–H and O–H groups in total. The van der Waals surface area contributed by atoms with Crippen molar-refractivity contribution in [3.63, 3.8) is 0 Å². The second kappa shape index (κ2) is 10.5. The number of hydrogen-bond donors (Lipinski definition) is 2. The van der Waals surface area contributed by atoms with E-state index >= 15 is 0 Å². The van der Waals surface area contributed by atoms with Crippen molar-refractivity contribution in [2.75, 3.05) is 12.4 Å². The third-order valence-corrected chi connectivity index (χ3v) is 6.03. The van der Waals surface area contributed by atoms with Crippen LogP contribution in [-0.4, -0.2) is 28.1 Å². The lowest BCUT2D eigenvalue weighted by molar-refractivity contribution is 0.0602. The van der Waals surface area contributed by atoms with Gasteiger partial charge in [0.2, 0.25) is 0 Å². The van der Waals surface area contributed by atoms with Gasteiger partial charge in [-0.15, -0.1) is 0 Å². The van der Waals surface area contributed by atoms with Crippen molar-refractivity contribution >= 4 is 39.9 Å². The van der Waals surface area contributed by atoms with Gasteiger partial charge in [-0.3, -0.25) is 4.79 Å². The lowest BCUT2D eigenvalue weighted by atomic mass is 10.1. The van der Waals surface area contributed by atoms with Crippen LogP contribution in [0.15, 0.2) is 77.6 Å². The Bertz CT molecular complexity index is 1450. The fraction of sp³-hybridized carbons (Fsp3) is 0.148. The molecule has 0 aliphatic rings. The number of aromatic amines is 1. The molecule has 0 aliphatic carbocycles. The summed E-state index contributed by atoms with van der Waals surface area (Å²) in [5.41, 5.74) is 3.70. The SMILES string of the molecule is COC(=O)c1ccccc1NC(=S)N(Cc1ccc(F)cc1)Cc1cc2cccc(C)c2[nH]c1=O. The smallest absolute Gasteiger partial charge is 0.339 e. The molecule has 6 nitrogen and oxygen atoms in total. The first-order chi connectivity index (χ1) is 16.9. The Labute approximate surface area is 207 Å². The molecule has 4 rings (SSSR count). The van der Waals surface area contributed by atoms with E-state index in [9.17, 15) is 14.0 Å². The summed E-state index contributed by atoms with van der Waals surface area (Å²) in [4.78, 5) is 29.9. The highest BCUT2D eigenvalue weighted by Gasteiger charge is 2.18. The van der Waals surface area contributed by atoms with Gasteiger partial charge in [0.05, 0.1) is 30.4 Å². The number of nitrogens with one attached hydrogen (secondary N) is 2. The van der Waals surface area contributed by atoms with E-state index in [4.69, 9.17) is 17.0 Å². The van der Waals surface area contributed by atoms with Gasteiger partial charge in [0.15, 0.2) is 5.11 Å². The standard InChI is InChI=1S/C27H24FN3O3S/c1-17-6-5-7-19-14-20(25(32)30-24(17)19)16-31(15-18-10-12-21(28)13-11-18)27(35)29-23-9-4-3-8-22(23)26(33)34-2/h3-14H,15-16H2,1-2H3,(H,29,35)(H,30,32). The predicted octanol–water partition coefficient (Wildman–Crippen LogP) is 5.16. The number of esters is 1. The zero-order chi connectivity index (χ0) is 24.9. The number of H-pyrrole nitrogens is 1. The first kappa shape index (κ1) is 24.1. The molecule has 0 atom stereocenters. The average molecular weight is 490 g/mol. The number of aromatic nitrogens is 1. The zero-order valence-electron chi connectivity index (χ0n) is 19.3. The molecule has 35 heavy (non-hydrogen) atoms. The van der Waals surface area contributed by atoms with Crippen LogP contribution >= 0.6 is 12.2 Å². The van der Waals surface area contributed by atoms with Crippen molar-refractivity contribution in [1.29, 1.82) is 0 Å². The van der Waals surface area contributed by atoms with Crippen molar-refractivity contribution < 1.29 is 13.9 Å². The van der Waals surface area contributed by atoms with Crippen molar-refractivity contribution in [2.24, 2.45) is 0 Å². The van der Waals surface area contributed by atoms with Crippen molar-refractivity contribution in [3.05, 3.63) is 111 Å². The van der Waals surface area contributed by atoms with E-state index < -0.39 is 5.97 Å². The Morgan fingerprint density at radius 2 is 1.80 bits per heavy atom. The van der Waals surface area contributed by atoms with Crippen LogP contribution in [0.2, 0.25) is 0 Å². The summed E-state index contributed by atoms with van der Waals surface area (Å²) in [6, 6.07) is 20.6. The minimum Gasteiger partial charge on any atom is -0.465 e. The van der Waals surface area contributed by atoms with Gasteiger partial charge in [0.25, 0.3) is 5.56 Å². The Balaban J connectivity index is 1.68. The van der Waals surface area contributed by atoms with Gasteiger partial charge in [-0.1, -0.05) is 42.5 Å². The average Bonchev–Trinajstić information content (AvgIpc) is 2.85. The Kier molecular flexibility index (Phi) is 7.22. The number of pyridine rings is 1. The Morgan fingerprint density at radius 1 is 1.06 bits per heavy atom. The van der Waals surface area contributed by atoms with Crippen LogP contribution in [-0.2, 0) is 17.8 Å². The molecule has 0 bridgehead atoms. The van der Waals surface area contributed by atoms with Crippen LogP contribution in [0, 0.1) is 12.7 Å². The first-order valence-electron chi connectivity index (χ1n) is 10.9. The number of fused-ring (bicyclic) bond motifs is 1. The number of halogens is 1. The minimum atomic E-state index is -0.498. The highest BCUT2D eigenvalue weighted by atomic mass is 32.1. The van der Waals surface area contributed by atoms with Crippen LogP contribution in [0.25, 0.3) is 10.9 Å². The fourth-order valence-electron chi connectivity index (χ4n) is 3.84. The third kappa shape index (κ3) is 5.55. The van der Waals surface area contributed by atoms with Crippen molar-refractivity contribution in [3.8, 4) is 0 Å². The molecule has 1 aromatic heterocycles. The number of ether oxygens (including phenoxy) is 1. The molecule has 0 saturated heterocycles. The largest absolute Gasteiger partial charge is 0.465 e. The van der Waals surface area contributed by atoms with Gasteiger partial charge < -0.3 is 19.9 Å². The molecule has 1 heterocycles. The molecule has 0 radical (unpaired) electrons. The number of aryl methyl sites for hydroxylation is 1. The number of anilines is 1. The molecule has 0 unspecified atom stereocenters. The number of nitrogens with zero attached hydrogens (tertiary/aromatic N) is 1. The second-order valence-electron chi connectivity index (χ2n) is 8.11. The number of hydrogen-bond acceptors (Lipinski definition) is 4. The number of benzene rings is 3. The molecule has 0 fully saturated rings. The predicted molar refractivity (Wildman–Crippen MR) is 139 cm³/mol. The van der Waals surface area contributed by atoms with E-state index in [1.807, 2.05) is 31.2 Å². The number of carbonyl (C=O) groups is 1. The molecular formula is C27H24FN3O3S. The second-order valence-corrected chi connectivity index (χ2v) is 8.50. The lowest BCUT2D eigenvalue weighted by Crippen LogP contribution is -2.36. The van der Waals surface area contributed by atoms with E-state index in [0.29, 0.717) is 28.5 Å². The number of para-hydroxylation sites is 2. The maximum atomic E-state index is 13.5. The van der Waals surface area contributed by atoms with E-state index in [0.717, 1.165) is 22.0 Å². The molecule has 3 aromatic carbocycles. The summed E-state index contributed by atoms with van der Waals surface area (Å²) >= 11 is 5.70. The normalized spacial score (nSPS) is 10.7. The van der Waals surface area contributed by atoms with Gasteiger partial charge in [-0.25, -0.2) is 9.18 Å². The zero-order valence-corrected chi connectivity index (χ0v) is 20.1. The molecule has 0 saturated carbocycles.